The zero-order chi connectivity index (χ0) is 36.8. The third kappa shape index (κ3) is 11.8. The Balaban J connectivity index is 1.32. The Bertz CT molecular complexity index is 1600. The van der Waals surface area contributed by atoms with Gasteiger partial charge in [-0.05, 0) is 121 Å². The molecule has 4 rings (SSSR count). The lowest BCUT2D eigenvalue weighted by Gasteiger charge is -2.35. The zero-order valence-electron chi connectivity index (χ0n) is 30.8. The molecule has 1 heterocycles. The van der Waals surface area contributed by atoms with Gasteiger partial charge in [0.15, 0.2) is 0 Å². The van der Waals surface area contributed by atoms with Gasteiger partial charge in [-0.3, -0.25) is 14.4 Å². The van der Waals surface area contributed by atoms with Crippen molar-refractivity contribution < 1.29 is 28.6 Å². The molecule has 1 atom stereocenters. The maximum absolute atomic E-state index is 13.5. The molecule has 0 saturated carbocycles. The van der Waals surface area contributed by atoms with Gasteiger partial charge in [0.2, 0.25) is 5.91 Å². The van der Waals surface area contributed by atoms with Crippen LogP contribution in [0.1, 0.15) is 83.7 Å². The minimum atomic E-state index is -0.339. The summed E-state index contributed by atoms with van der Waals surface area (Å²) in [7, 11) is 5.76. The fourth-order valence-corrected chi connectivity index (χ4v) is 6.16. The molecule has 1 saturated heterocycles. The summed E-state index contributed by atoms with van der Waals surface area (Å²) in [6.07, 6.45) is 5.63. The van der Waals surface area contributed by atoms with E-state index in [2.05, 4.69) is 29.6 Å². The molecule has 51 heavy (non-hydrogen) atoms. The van der Waals surface area contributed by atoms with Crippen molar-refractivity contribution in [3.63, 3.8) is 0 Å². The molecule has 1 aliphatic rings. The highest BCUT2D eigenvalue weighted by Gasteiger charge is 2.23. The molecule has 1 fully saturated rings. The Kier molecular flexibility index (Phi) is 15.3. The van der Waals surface area contributed by atoms with Crippen molar-refractivity contribution in [3.05, 3.63) is 82.9 Å². The van der Waals surface area contributed by atoms with E-state index in [4.69, 9.17) is 19.9 Å². The molecule has 11 nitrogen and oxygen atoms in total. The Morgan fingerprint density at radius 2 is 1.65 bits per heavy atom. The van der Waals surface area contributed by atoms with Crippen LogP contribution < -0.4 is 25.8 Å². The van der Waals surface area contributed by atoms with Crippen molar-refractivity contribution in [2.24, 2.45) is 5.73 Å². The molecule has 1 unspecified atom stereocenters. The van der Waals surface area contributed by atoms with Crippen LogP contribution in [0.15, 0.2) is 60.7 Å². The number of carbonyl (C=O) groups excluding carboxylic acids is 3. The second kappa shape index (κ2) is 19.8. The second-order valence-electron chi connectivity index (χ2n) is 13.4. The van der Waals surface area contributed by atoms with Crippen molar-refractivity contribution in [1.29, 1.82) is 0 Å². The minimum absolute atomic E-state index is 0.145. The van der Waals surface area contributed by atoms with E-state index in [0.29, 0.717) is 71.6 Å². The molecule has 0 radical (unpaired) electrons. The van der Waals surface area contributed by atoms with Gasteiger partial charge in [0.25, 0.3) is 11.8 Å². The van der Waals surface area contributed by atoms with Gasteiger partial charge in [-0.2, -0.15) is 0 Å². The molecular formula is C40H55N5O6. The van der Waals surface area contributed by atoms with Crippen molar-refractivity contribution >= 4 is 29.1 Å². The topological polar surface area (TPSA) is 135 Å². The number of piperidine rings is 1. The van der Waals surface area contributed by atoms with Gasteiger partial charge in [0.05, 0.1) is 30.6 Å². The average Bonchev–Trinajstić information content (AvgIpc) is 3.11. The molecule has 0 aliphatic carbocycles. The highest BCUT2D eigenvalue weighted by molar-refractivity contribution is 6.08. The zero-order valence-corrected chi connectivity index (χ0v) is 30.8. The van der Waals surface area contributed by atoms with Gasteiger partial charge in [0, 0.05) is 49.5 Å². The van der Waals surface area contributed by atoms with Crippen LogP contribution in [-0.4, -0.2) is 87.1 Å². The fourth-order valence-electron chi connectivity index (χ4n) is 6.16. The van der Waals surface area contributed by atoms with Crippen molar-refractivity contribution in [2.45, 2.75) is 77.5 Å². The molecule has 1 aliphatic heterocycles. The molecule has 3 amide bonds. The third-order valence-electron chi connectivity index (χ3n) is 9.17. The summed E-state index contributed by atoms with van der Waals surface area (Å²) >= 11 is 0. The van der Waals surface area contributed by atoms with Crippen molar-refractivity contribution in [2.75, 3.05) is 58.1 Å². The molecule has 11 heteroatoms. The van der Waals surface area contributed by atoms with E-state index in [1.807, 2.05) is 43.0 Å². The quantitative estimate of drug-likeness (QED) is 0.133. The number of hydrogen-bond donors (Lipinski definition) is 3. The van der Waals surface area contributed by atoms with Crippen molar-refractivity contribution in [1.82, 2.24) is 9.80 Å². The number of carbonyl (C=O) groups is 3. The second-order valence-corrected chi connectivity index (χ2v) is 13.4. The Morgan fingerprint density at radius 1 is 0.922 bits per heavy atom. The summed E-state index contributed by atoms with van der Waals surface area (Å²) in [6.45, 7) is 6.69. The normalized spacial score (nSPS) is 13.9. The first-order valence-electron chi connectivity index (χ1n) is 18.0. The number of para-hydroxylation sites is 1. The smallest absolute Gasteiger partial charge is 0.259 e. The monoisotopic (exact) mass is 701 g/mol. The SMILES string of the molecule is COCc1cc(C(=O)Nc2ccc(C)cc2OCCCCCC(=O)N2CCC(N(C)C)CC2)ccc1NC(=O)c1ccccc1OC(C)CCN. The lowest BCUT2D eigenvalue weighted by molar-refractivity contribution is -0.132. The maximum Gasteiger partial charge on any atom is 0.259 e. The highest BCUT2D eigenvalue weighted by atomic mass is 16.5. The minimum Gasteiger partial charge on any atom is -0.491 e. The number of nitrogens with two attached hydrogens (primary N) is 1. The summed E-state index contributed by atoms with van der Waals surface area (Å²) < 4.78 is 17.5. The number of nitrogens with one attached hydrogen (secondary N) is 2. The van der Waals surface area contributed by atoms with Crippen LogP contribution in [-0.2, 0) is 16.1 Å². The number of likely N-dealkylation sites (tertiary alicyclic amines) is 1. The Hall–Kier alpha value is -4.45. The summed E-state index contributed by atoms with van der Waals surface area (Å²) in [5.74, 6) is 0.640. The molecule has 4 N–H and O–H groups in total. The fraction of sp³-hybridized carbons (Fsp3) is 0.475. The van der Waals surface area contributed by atoms with Gasteiger partial charge in [-0.25, -0.2) is 0 Å². The number of methoxy groups -OCH3 is 1. The van der Waals surface area contributed by atoms with Crippen LogP contribution in [0.2, 0.25) is 0 Å². The number of ether oxygens (including phenoxy) is 3. The van der Waals surface area contributed by atoms with E-state index >= 15 is 0 Å². The lowest BCUT2D eigenvalue weighted by atomic mass is 10.0. The highest BCUT2D eigenvalue weighted by Crippen LogP contribution is 2.28. The maximum atomic E-state index is 13.5. The van der Waals surface area contributed by atoms with Gasteiger partial charge in [0.1, 0.15) is 11.5 Å². The summed E-state index contributed by atoms with van der Waals surface area (Å²) in [5.41, 5.74) is 9.21. The predicted octanol–water partition coefficient (Wildman–Crippen LogP) is 6.25. The van der Waals surface area contributed by atoms with Crippen LogP contribution in [0.25, 0.3) is 0 Å². The number of benzene rings is 3. The summed E-state index contributed by atoms with van der Waals surface area (Å²) in [5, 5.41) is 5.94. The number of aryl methyl sites for hydroxylation is 1. The average molecular weight is 702 g/mol. The Labute approximate surface area is 302 Å². The largest absolute Gasteiger partial charge is 0.491 e. The number of nitrogens with zero attached hydrogens (tertiary/aromatic N) is 2. The van der Waals surface area contributed by atoms with Gasteiger partial charge >= 0.3 is 0 Å². The first kappa shape index (κ1) is 39.3. The lowest BCUT2D eigenvalue weighted by Crippen LogP contribution is -2.44. The van der Waals surface area contributed by atoms with E-state index in [0.717, 1.165) is 50.8 Å². The number of hydrogen-bond acceptors (Lipinski definition) is 8. The van der Waals surface area contributed by atoms with E-state index in [1.54, 1.807) is 43.5 Å². The van der Waals surface area contributed by atoms with Crippen LogP contribution in [0, 0.1) is 6.92 Å². The molecule has 0 spiro atoms. The number of rotatable bonds is 18. The van der Waals surface area contributed by atoms with Crippen LogP contribution in [0.3, 0.4) is 0 Å². The first-order valence-corrected chi connectivity index (χ1v) is 18.0. The van der Waals surface area contributed by atoms with Gasteiger partial charge < -0.3 is 40.4 Å². The van der Waals surface area contributed by atoms with Crippen molar-refractivity contribution in [3.8, 4) is 11.5 Å². The summed E-state index contributed by atoms with van der Waals surface area (Å²) in [4.78, 5) is 43.8. The van der Waals surface area contributed by atoms with Crippen LogP contribution in [0.5, 0.6) is 11.5 Å². The number of unbranched alkanes of at least 4 members (excludes halogenated alkanes) is 2. The van der Waals surface area contributed by atoms with Gasteiger partial charge in [-0.1, -0.05) is 18.2 Å². The molecule has 276 valence electrons. The van der Waals surface area contributed by atoms with E-state index in [-0.39, 0.29) is 30.4 Å². The molecule has 0 aromatic heterocycles. The number of anilines is 2. The number of amides is 3. The van der Waals surface area contributed by atoms with Crippen LogP contribution in [0.4, 0.5) is 11.4 Å². The molecule has 0 bridgehead atoms. The predicted molar refractivity (Wildman–Crippen MR) is 202 cm³/mol. The van der Waals surface area contributed by atoms with E-state index in [1.165, 1.54) is 0 Å². The van der Waals surface area contributed by atoms with Gasteiger partial charge in [-0.15, -0.1) is 0 Å². The molecule has 3 aromatic rings. The first-order chi connectivity index (χ1) is 24.6. The third-order valence-corrected chi connectivity index (χ3v) is 9.17. The molecule has 3 aromatic carbocycles. The van der Waals surface area contributed by atoms with E-state index < -0.39 is 0 Å². The van der Waals surface area contributed by atoms with E-state index in [9.17, 15) is 14.4 Å². The molecular weight excluding hydrogens is 646 g/mol. The standard InChI is InChI=1S/C40H55N5O6/c1-28-14-16-35(37(25-28)50-24-10-6-7-13-38(46)45-22-19-32(20-23-45)44(3)4)43-39(47)30-15-17-34(31(26-30)27-49-5)42-40(48)33-11-8-9-12-36(33)51-29(2)18-21-41/h8-9,11-12,14-17,25-26,29,32H,6-7,10,13,18-24,27,41H2,1-5H3,(H,42,48)(H,43,47). The summed E-state index contributed by atoms with van der Waals surface area (Å²) in [6, 6.07) is 18.3. The Morgan fingerprint density at radius 3 is 2.37 bits per heavy atom. The van der Waals surface area contributed by atoms with Crippen LogP contribution >= 0.6 is 0 Å².